The van der Waals surface area contributed by atoms with Gasteiger partial charge in [0.15, 0.2) is 0 Å². The molecule has 0 spiro atoms. The van der Waals surface area contributed by atoms with Crippen LogP contribution in [-0.2, 0) is 4.79 Å². The van der Waals surface area contributed by atoms with Crippen molar-refractivity contribution in [3.8, 4) is 10.6 Å². The maximum atomic E-state index is 11.8. The number of nitrogens with zero attached hydrogens (tertiary/aromatic N) is 1. The number of carbonyl (C=O) groups excluding carboxylic acids is 1. The standard InChI is InChI=1S/C14H17N3OS.ClH/c1-9(7-15)13(18)17-12-5-3-4-11(6-12)14-16-10(2)8-19-14;/h3-6,8-9H,7,15H2,1-2H3,(H,17,18);1H. The Bertz CT molecular complexity index is 585. The lowest BCUT2D eigenvalue weighted by Gasteiger charge is -2.10. The normalized spacial score (nSPS) is 11.6. The minimum absolute atomic E-state index is 0. The molecule has 0 saturated heterocycles. The van der Waals surface area contributed by atoms with Crippen molar-refractivity contribution in [2.45, 2.75) is 13.8 Å². The van der Waals surface area contributed by atoms with Crippen molar-refractivity contribution in [1.29, 1.82) is 0 Å². The Kier molecular flexibility index (Phi) is 6.13. The molecule has 0 saturated carbocycles. The van der Waals surface area contributed by atoms with Gasteiger partial charge < -0.3 is 11.1 Å². The van der Waals surface area contributed by atoms with Crippen LogP contribution in [0, 0.1) is 12.8 Å². The Hall–Kier alpha value is -1.43. The highest BCUT2D eigenvalue weighted by atomic mass is 35.5. The summed E-state index contributed by atoms with van der Waals surface area (Å²) in [6, 6.07) is 7.69. The van der Waals surface area contributed by atoms with E-state index in [1.165, 1.54) is 0 Å². The van der Waals surface area contributed by atoms with Crippen LogP contribution in [0.2, 0.25) is 0 Å². The van der Waals surface area contributed by atoms with Crippen LogP contribution in [0.3, 0.4) is 0 Å². The van der Waals surface area contributed by atoms with Gasteiger partial charge in [0.05, 0.1) is 0 Å². The van der Waals surface area contributed by atoms with Gasteiger partial charge in [0, 0.05) is 34.8 Å². The SMILES string of the molecule is Cc1csc(-c2cccc(NC(=O)C(C)CN)c2)n1.Cl. The van der Waals surface area contributed by atoms with Gasteiger partial charge in [0.2, 0.25) is 5.91 Å². The lowest BCUT2D eigenvalue weighted by molar-refractivity contribution is -0.119. The molecule has 108 valence electrons. The average Bonchev–Trinajstić information content (AvgIpc) is 2.84. The first-order valence-corrected chi connectivity index (χ1v) is 7.01. The quantitative estimate of drug-likeness (QED) is 0.911. The number of amides is 1. The number of hydrogen-bond donors (Lipinski definition) is 2. The summed E-state index contributed by atoms with van der Waals surface area (Å²) in [6.07, 6.45) is 0. The number of carbonyl (C=O) groups is 1. The number of halogens is 1. The molecule has 0 fully saturated rings. The highest BCUT2D eigenvalue weighted by Gasteiger charge is 2.11. The maximum Gasteiger partial charge on any atom is 0.228 e. The number of aryl methyl sites for hydroxylation is 1. The highest BCUT2D eigenvalue weighted by molar-refractivity contribution is 7.13. The first-order chi connectivity index (χ1) is 9.10. The summed E-state index contributed by atoms with van der Waals surface area (Å²) in [7, 11) is 0. The van der Waals surface area contributed by atoms with Crippen molar-refractivity contribution in [2.75, 3.05) is 11.9 Å². The van der Waals surface area contributed by atoms with Crippen molar-refractivity contribution in [3.63, 3.8) is 0 Å². The molecule has 1 aromatic heterocycles. The van der Waals surface area contributed by atoms with Crippen molar-refractivity contribution >= 4 is 35.3 Å². The number of hydrogen-bond acceptors (Lipinski definition) is 4. The molecular weight excluding hydrogens is 294 g/mol. The largest absolute Gasteiger partial charge is 0.330 e. The summed E-state index contributed by atoms with van der Waals surface area (Å²) < 4.78 is 0. The van der Waals surface area contributed by atoms with E-state index in [4.69, 9.17) is 5.73 Å². The van der Waals surface area contributed by atoms with E-state index < -0.39 is 0 Å². The molecule has 6 heteroatoms. The third-order valence-electron chi connectivity index (χ3n) is 2.80. The van der Waals surface area contributed by atoms with Crippen LogP contribution in [-0.4, -0.2) is 17.4 Å². The number of rotatable bonds is 4. The molecule has 1 atom stereocenters. The maximum absolute atomic E-state index is 11.8. The molecule has 0 aliphatic rings. The van der Waals surface area contributed by atoms with E-state index in [1.807, 2.05) is 43.5 Å². The van der Waals surface area contributed by atoms with E-state index in [9.17, 15) is 4.79 Å². The lowest BCUT2D eigenvalue weighted by atomic mass is 10.1. The molecular formula is C14H18ClN3OS. The van der Waals surface area contributed by atoms with Crippen molar-refractivity contribution in [1.82, 2.24) is 4.98 Å². The highest BCUT2D eigenvalue weighted by Crippen LogP contribution is 2.25. The van der Waals surface area contributed by atoms with Gasteiger partial charge in [0.25, 0.3) is 0 Å². The summed E-state index contributed by atoms with van der Waals surface area (Å²) in [5.74, 6) is -0.249. The molecule has 0 bridgehead atoms. The smallest absolute Gasteiger partial charge is 0.228 e. The van der Waals surface area contributed by atoms with Gasteiger partial charge in [0.1, 0.15) is 5.01 Å². The Labute approximate surface area is 128 Å². The van der Waals surface area contributed by atoms with Crippen molar-refractivity contribution in [2.24, 2.45) is 11.7 Å². The second-order valence-electron chi connectivity index (χ2n) is 4.50. The average molecular weight is 312 g/mol. The lowest BCUT2D eigenvalue weighted by Crippen LogP contribution is -2.26. The molecule has 0 aliphatic carbocycles. The van der Waals surface area contributed by atoms with E-state index in [-0.39, 0.29) is 24.2 Å². The van der Waals surface area contributed by atoms with Gasteiger partial charge >= 0.3 is 0 Å². The Balaban J connectivity index is 0.00000200. The van der Waals surface area contributed by atoms with Crippen LogP contribution in [0.15, 0.2) is 29.6 Å². The molecule has 4 nitrogen and oxygen atoms in total. The third-order valence-corrected chi connectivity index (χ3v) is 3.81. The predicted octanol–water partition coefficient (Wildman–Crippen LogP) is 3.07. The molecule has 1 amide bonds. The van der Waals surface area contributed by atoms with Gasteiger partial charge in [-0.1, -0.05) is 19.1 Å². The molecule has 2 aromatic rings. The Morgan fingerprint density at radius 2 is 2.25 bits per heavy atom. The number of benzene rings is 1. The fraction of sp³-hybridized carbons (Fsp3) is 0.286. The molecule has 2 rings (SSSR count). The molecule has 20 heavy (non-hydrogen) atoms. The number of anilines is 1. The van der Waals surface area contributed by atoms with E-state index in [2.05, 4.69) is 10.3 Å². The topological polar surface area (TPSA) is 68.0 Å². The fourth-order valence-electron chi connectivity index (χ4n) is 1.59. The van der Waals surface area contributed by atoms with Crippen LogP contribution >= 0.6 is 23.7 Å². The Morgan fingerprint density at radius 3 is 2.85 bits per heavy atom. The first-order valence-electron chi connectivity index (χ1n) is 6.13. The van der Waals surface area contributed by atoms with E-state index in [0.717, 1.165) is 22.0 Å². The van der Waals surface area contributed by atoms with E-state index in [1.54, 1.807) is 11.3 Å². The van der Waals surface area contributed by atoms with Crippen LogP contribution in [0.4, 0.5) is 5.69 Å². The van der Waals surface area contributed by atoms with Crippen LogP contribution < -0.4 is 11.1 Å². The zero-order valence-corrected chi connectivity index (χ0v) is 13.1. The third kappa shape index (κ3) is 4.03. The Morgan fingerprint density at radius 1 is 1.50 bits per heavy atom. The van der Waals surface area contributed by atoms with Gasteiger partial charge in [-0.05, 0) is 19.1 Å². The zero-order chi connectivity index (χ0) is 13.8. The molecule has 1 aromatic carbocycles. The van der Waals surface area contributed by atoms with E-state index >= 15 is 0 Å². The van der Waals surface area contributed by atoms with Gasteiger partial charge in [-0.2, -0.15) is 0 Å². The summed E-state index contributed by atoms with van der Waals surface area (Å²) in [4.78, 5) is 16.2. The van der Waals surface area contributed by atoms with Crippen LogP contribution in [0.5, 0.6) is 0 Å². The summed E-state index contributed by atoms with van der Waals surface area (Å²) in [6.45, 7) is 4.12. The fourth-order valence-corrected chi connectivity index (χ4v) is 2.38. The number of nitrogens with one attached hydrogen (secondary N) is 1. The number of nitrogens with two attached hydrogens (primary N) is 1. The van der Waals surface area contributed by atoms with Crippen LogP contribution in [0.25, 0.3) is 10.6 Å². The predicted molar refractivity (Wildman–Crippen MR) is 86.4 cm³/mol. The minimum Gasteiger partial charge on any atom is -0.330 e. The van der Waals surface area contributed by atoms with Gasteiger partial charge in [-0.25, -0.2) is 4.98 Å². The number of aromatic nitrogens is 1. The summed E-state index contributed by atoms with van der Waals surface area (Å²) in [5, 5.41) is 5.84. The van der Waals surface area contributed by atoms with E-state index in [0.29, 0.717) is 6.54 Å². The molecule has 0 aliphatic heterocycles. The van der Waals surface area contributed by atoms with Gasteiger partial charge in [-0.15, -0.1) is 23.7 Å². The minimum atomic E-state index is -0.189. The molecule has 3 N–H and O–H groups in total. The number of thiazole rings is 1. The zero-order valence-electron chi connectivity index (χ0n) is 11.4. The summed E-state index contributed by atoms with van der Waals surface area (Å²) in [5.41, 5.74) is 8.27. The van der Waals surface area contributed by atoms with Crippen LogP contribution in [0.1, 0.15) is 12.6 Å². The second-order valence-corrected chi connectivity index (χ2v) is 5.36. The molecule has 1 unspecified atom stereocenters. The van der Waals surface area contributed by atoms with Crippen molar-refractivity contribution < 1.29 is 4.79 Å². The first kappa shape index (κ1) is 16.6. The van der Waals surface area contributed by atoms with Gasteiger partial charge in [-0.3, -0.25) is 4.79 Å². The molecule has 1 heterocycles. The molecule has 0 radical (unpaired) electrons. The monoisotopic (exact) mass is 311 g/mol. The van der Waals surface area contributed by atoms with Crippen molar-refractivity contribution in [3.05, 3.63) is 35.3 Å². The summed E-state index contributed by atoms with van der Waals surface area (Å²) >= 11 is 1.60. The second kappa shape index (κ2) is 7.38.